The molecule has 0 saturated heterocycles. The van der Waals surface area contributed by atoms with E-state index in [0.717, 1.165) is 0 Å². The Kier molecular flexibility index (Phi) is 36.0. The van der Waals surface area contributed by atoms with E-state index in [-0.39, 0.29) is 6.42 Å². The van der Waals surface area contributed by atoms with E-state index in [2.05, 4.69) is 48.5 Å². The summed E-state index contributed by atoms with van der Waals surface area (Å²) < 4.78 is 0. The first-order chi connectivity index (χ1) is 11.2. The summed E-state index contributed by atoms with van der Waals surface area (Å²) in [5.41, 5.74) is 0. The number of carboxylic acids is 1. The van der Waals surface area contributed by atoms with Gasteiger partial charge in [-0.1, -0.05) is 111 Å². The first-order valence-electron chi connectivity index (χ1n) is 8.89. The minimum atomic E-state index is -0.745. The van der Waals surface area contributed by atoms with Crippen LogP contribution in [0.25, 0.3) is 10.8 Å². The van der Waals surface area contributed by atoms with Crippen LogP contribution in [-0.4, -0.2) is 11.1 Å². The lowest BCUT2D eigenvalue weighted by Gasteiger charge is -1.92. The normalized spacial score (nSPS) is 7.00. The Bertz CT molecular complexity index is 371. The third-order valence-electron chi connectivity index (χ3n) is 1.96. The van der Waals surface area contributed by atoms with Gasteiger partial charge in [-0.2, -0.15) is 0 Å². The lowest BCUT2D eigenvalue weighted by atomic mass is 10.1. The second-order valence-corrected chi connectivity index (χ2v) is 3.09. The van der Waals surface area contributed by atoms with Gasteiger partial charge in [-0.15, -0.1) is 0 Å². The van der Waals surface area contributed by atoms with Crippen molar-refractivity contribution in [2.24, 2.45) is 0 Å². The van der Waals surface area contributed by atoms with E-state index < -0.39 is 5.97 Å². The standard InChI is InChI=1S/C10H8.C3H6O2.4C2H6/c1-2-6-10-8-4-3-7-9(10)5-1;1-2-3(4)5;4*1-2/h1-8H;2H2,1H3,(H,4,5);4*1-2H3. The second kappa shape index (κ2) is 28.3. The van der Waals surface area contributed by atoms with Crippen LogP contribution < -0.4 is 0 Å². The predicted molar refractivity (Wildman–Crippen MR) is 107 cm³/mol. The average Bonchev–Trinajstić information content (AvgIpc) is 2.68. The maximum absolute atomic E-state index is 9.37. The van der Waals surface area contributed by atoms with Gasteiger partial charge in [0.15, 0.2) is 0 Å². The molecule has 0 unspecified atom stereocenters. The summed E-state index contributed by atoms with van der Waals surface area (Å²) in [5.74, 6) is -0.745. The molecule has 2 heteroatoms. The maximum atomic E-state index is 9.37. The molecule has 2 nitrogen and oxygen atoms in total. The highest BCUT2D eigenvalue weighted by Crippen LogP contribution is 2.11. The first-order valence-corrected chi connectivity index (χ1v) is 8.89. The summed E-state index contributed by atoms with van der Waals surface area (Å²) in [4.78, 5) is 9.37. The van der Waals surface area contributed by atoms with Crippen LogP contribution in [0.1, 0.15) is 68.7 Å². The fraction of sp³-hybridized carbons (Fsp3) is 0.476. The first kappa shape index (κ1) is 29.2. The molecule has 23 heavy (non-hydrogen) atoms. The Morgan fingerprint density at radius 2 is 0.870 bits per heavy atom. The largest absolute Gasteiger partial charge is 0.481 e. The average molecular weight is 323 g/mol. The molecule has 2 aromatic carbocycles. The van der Waals surface area contributed by atoms with Crippen LogP contribution in [0.4, 0.5) is 0 Å². The third kappa shape index (κ3) is 20.2. The SMILES string of the molecule is CC.CC.CC.CC.CCC(=O)O.c1ccc2ccccc2c1. The maximum Gasteiger partial charge on any atom is 0.303 e. The van der Waals surface area contributed by atoms with Gasteiger partial charge in [-0.25, -0.2) is 0 Å². The minimum Gasteiger partial charge on any atom is -0.481 e. The number of fused-ring (bicyclic) bond motifs is 1. The molecule has 0 aliphatic carbocycles. The van der Waals surface area contributed by atoms with Crippen LogP contribution in [0.15, 0.2) is 48.5 Å². The Hall–Kier alpha value is -1.83. The molecule has 0 fully saturated rings. The molecule has 0 radical (unpaired) electrons. The van der Waals surface area contributed by atoms with Gasteiger partial charge < -0.3 is 5.11 Å². The van der Waals surface area contributed by atoms with E-state index in [1.165, 1.54) is 10.8 Å². The highest BCUT2D eigenvalue weighted by atomic mass is 16.4. The summed E-state index contributed by atoms with van der Waals surface area (Å²) in [7, 11) is 0. The summed E-state index contributed by atoms with van der Waals surface area (Å²) in [5, 5.41) is 10.3. The number of aliphatic carboxylic acids is 1. The van der Waals surface area contributed by atoms with Gasteiger partial charge in [0.2, 0.25) is 0 Å². The molecular formula is C21H38O2. The highest BCUT2D eigenvalue weighted by molar-refractivity contribution is 5.81. The molecule has 0 aromatic heterocycles. The van der Waals surface area contributed by atoms with Crippen LogP contribution in [0.5, 0.6) is 0 Å². The van der Waals surface area contributed by atoms with Crippen molar-refractivity contribution in [1.82, 2.24) is 0 Å². The van der Waals surface area contributed by atoms with Crippen LogP contribution in [0, 0.1) is 0 Å². The van der Waals surface area contributed by atoms with Crippen LogP contribution in [0.2, 0.25) is 0 Å². The van der Waals surface area contributed by atoms with E-state index in [4.69, 9.17) is 5.11 Å². The van der Waals surface area contributed by atoms with Crippen LogP contribution in [-0.2, 0) is 4.79 Å². The second-order valence-electron chi connectivity index (χ2n) is 3.09. The van der Waals surface area contributed by atoms with Crippen molar-refractivity contribution in [1.29, 1.82) is 0 Å². The number of hydrogen-bond donors (Lipinski definition) is 1. The summed E-state index contributed by atoms with van der Waals surface area (Å²) in [6.07, 6.45) is 0.222. The van der Waals surface area contributed by atoms with Crippen molar-refractivity contribution >= 4 is 16.7 Å². The monoisotopic (exact) mass is 322 g/mol. The van der Waals surface area contributed by atoms with E-state index in [9.17, 15) is 4.79 Å². The molecule has 2 rings (SSSR count). The molecular weight excluding hydrogens is 284 g/mol. The van der Waals surface area contributed by atoms with Crippen molar-refractivity contribution in [3.63, 3.8) is 0 Å². The summed E-state index contributed by atoms with van der Waals surface area (Å²) >= 11 is 0. The Morgan fingerprint density at radius 1 is 0.696 bits per heavy atom. The molecule has 0 heterocycles. The minimum absolute atomic E-state index is 0.222. The van der Waals surface area contributed by atoms with Gasteiger partial charge in [-0.05, 0) is 10.8 Å². The zero-order valence-corrected chi connectivity index (χ0v) is 16.7. The Labute approximate surface area is 144 Å². The molecule has 0 aliphatic heterocycles. The third-order valence-corrected chi connectivity index (χ3v) is 1.96. The topological polar surface area (TPSA) is 37.3 Å². The quantitative estimate of drug-likeness (QED) is 0.592. The van der Waals surface area contributed by atoms with Crippen molar-refractivity contribution in [2.45, 2.75) is 68.7 Å². The molecule has 2 aromatic rings. The molecule has 134 valence electrons. The van der Waals surface area contributed by atoms with Crippen molar-refractivity contribution < 1.29 is 9.90 Å². The van der Waals surface area contributed by atoms with Gasteiger partial charge in [0.25, 0.3) is 0 Å². The van der Waals surface area contributed by atoms with Crippen molar-refractivity contribution in [3.05, 3.63) is 48.5 Å². The molecule has 0 aliphatic rings. The highest BCUT2D eigenvalue weighted by Gasteiger charge is 1.85. The van der Waals surface area contributed by atoms with Crippen molar-refractivity contribution in [3.8, 4) is 0 Å². The number of carboxylic acid groups (broad SMARTS) is 1. The number of rotatable bonds is 1. The smallest absolute Gasteiger partial charge is 0.303 e. The Balaban J connectivity index is -0.000000120. The fourth-order valence-electron chi connectivity index (χ4n) is 1.13. The Morgan fingerprint density at radius 3 is 1.00 bits per heavy atom. The van der Waals surface area contributed by atoms with Crippen LogP contribution >= 0.6 is 0 Å². The molecule has 0 atom stereocenters. The van der Waals surface area contributed by atoms with Gasteiger partial charge in [-0.3, -0.25) is 4.79 Å². The number of benzene rings is 2. The van der Waals surface area contributed by atoms with E-state index in [1.54, 1.807) is 6.92 Å². The van der Waals surface area contributed by atoms with Gasteiger partial charge in [0, 0.05) is 6.42 Å². The number of carbonyl (C=O) groups is 1. The lowest BCUT2D eigenvalue weighted by molar-refractivity contribution is -0.136. The van der Waals surface area contributed by atoms with Crippen molar-refractivity contribution in [2.75, 3.05) is 0 Å². The predicted octanol–water partition coefficient (Wildman–Crippen LogP) is 7.43. The summed E-state index contributed by atoms with van der Waals surface area (Å²) in [6, 6.07) is 16.7. The van der Waals surface area contributed by atoms with E-state index in [1.807, 2.05) is 55.4 Å². The molecule has 0 spiro atoms. The molecule has 0 amide bonds. The lowest BCUT2D eigenvalue weighted by Crippen LogP contribution is -1.86. The fourth-order valence-corrected chi connectivity index (χ4v) is 1.13. The van der Waals surface area contributed by atoms with Gasteiger partial charge in [0.05, 0.1) is 0 Å². The van der Waals surface area contributed by atoms with Gasteiger partial charge >= 0.3 is 5.97 Å². The zero-order valence-electron chi connectivity index (χ0n) is 16.7. The zero-order chi connectivity index (χ0) is 19.1. The van der Waals surface area contributed by atoms with E-state index >= 15 is 0 Å². The van der Waals surface area contributed by atoms with Crippen LogP contribution in [0.3, 0.4) is 0 Å². The van der Waals surface area contributed by atoms with Gasteiger partial charge in [0.1, 0.15) is 0 Å². The number of hydrogen-bond acceptors (Lipinski definition) is 1. The molecule has 0 bridgehead atoms. The molecule has 1 N–H and O–H groups in total. The summed E-state index contributed by atoms with van der Waals surface area (Å²) in [6.45, 7) is 17.6. The van der Waals surface area contributed by atoms with E-state index in [0.29, 0.717) is 0 Å². The molecule has 0 saturated carbocycles.